The van der Waals surface area contributed by atoms with E-state index in [2.05, 4.69) is 66.0 Å². The molecule has 0 bridgehead atoms. The lowest BCUT2D eigenvalue weighted by atomic mass is 9.88. The molecule has 0 unspecified atom stereocenters. The van der Waals surface area contributed by atoms with E-state index in [0.717, 1.165) is 85.4 Å². The second kappa shape index (κ2) is 9.16. The number of pyridine rings is 1. The number of aromatic nitrogens is 5. The van der Waals surface area contributed by atoms with Crippen LogP contribution in [0.2, 0.25) is 0 Å². The van der Waals surface area contributed by atoms with E-state index in [-0.39, 0.29) is 11.7 Å². The number of benzene rings is 1. The Kier molecular flexibility index (Phi) is 5.96. The van der Waals surface area contributed by atoms with Crippen molar-refractivity contribution in [2.75, 3.05) is 26.3 Å². The third kappa shape index (κ3) is 3.87. The molecule has 8 nitrogen and oxygen atoms in total. The summed E-state index contributed by atoms with van der Waals surface area (Å²) in [6, 6.07) is 5.28. The topological polar surface area (TPSA) is 80.5 Å². The molecule has 1 aliphatic carbocycles. The van der Waals surface area contributed by atoms with Gasteiger partial charge in [0.05, 0.1) is 24.2 Å². The summed E-state index contributed by atoms with van der Waals surface area (Å²) in [4.78, 5) is 23.5. The Balaban J connectivity index is 1.39. The Morgan fingerprint density at radius 3 is 2.44 bits per heavy atom. The van der Waals surface area contributed by atoms with Gasteiger partial charge in [-0.05, 0) is 79.8 Å². The van der Waals surface area contributed by atoms with E-state index in [1.54, 1.807) is 6.33 Å². The molecule has 8 heteroatoms. The molecule has 36 heavy (non-hydrogen) atoms. The van der Waals surface area contributed by atoms with Crippen molar-refractivity contribution in [2.24, 2.45) is 0 Å². The largest absolute Gasteiger partial charge is 0.379 e. The maximum Gasteiger partial charge on any atom is 0.326 e. The summed E-state index contributed by atoms with van der Waals surface area (Å²) >= 11 is 0. The number of rotatable bonds is 4. The minimum Gasteiger partial charge on any atom is -0.379 e. The molecule has 0 spiro atoms. The number of ether oxygens (including phenoxy) is 1. The average molecular weight is 489 g/mol. The normalized spacial score (nSPS) is 21.7. The highest BCUT2D eigenvalue weighted by molar-refractivity contribution is 5.86. The first-order chi connectivity index (χ1) is 17.4. The number of H-pyrrole nitrogens is 1. The lowest BCUT2D eigenvalue weighted by Gasteiger charge is -2.39. The van der Waals surface area contributed by atoms with E-state index in [1.807, 2.05) is 9.08 Å². The molecule has 0 amide bonds. The monoisotopic (exact) mass is 488 g/mol. The summed E-state index contributed by atoms with van der Waals surface area (Å²) in [6.07, 6.45) is 8.01. The minimum atomic E-state index is 0.00584. The first-order valence-electron chi connectivity index (χ1n) is 13.3. The summed E-state index contributed by atoms with van der Waals surface area (Å²) < 4.78 is 9.43. The highest BCUT2D eigenvalue weighted by Gasteiger charge is 2.29. The maximum atomic E-state index is 13.3. The lowest BCUT2D eigenvalue weighted by molar-refractivity contribution is 0.00549. The third-order valence-corrected chi connectivity index (χ3v) is 8.52. The van der Waals surface area contributed by atoms with Crippen LogP contribution in [0, 0.1) is 13.8 Å². The van der Waals surface area contributed by atoms with Crippen molar-refractivity contribution in [3.05, 3.63) is 51.8 Å². The Labute approximate surface area is 211 Å². The summed E-state index contributed by atoms with van der Waals surface area (Å²) in [5.41, 5.74) is 8.68. The molecule has 1 N–H and O–H groups in total. The van der Waals surface area contributed by atoms with Gasteiger partial charge in [-0.3, -0.25) is 9.47 Å². The number of fused-ring (bicyclic) bond motifs is 2. The number of morpholine rings is 1. The van der Waals surface area contributed by atoms with Gasteiger partial charge in [-0.25, -0.2) is 14.3 Å². The Bertz CT molecular complexity index is 1460. The number of aromatic amines is 1. The van der Waals surface area contributed by atoms with Gasteiger partial charge in [0.15, 0.2) is 5.65 Å². The molecule has 4 heterocycles. The van der Waals surface area contributed by atoms with Crippen LogP contribution in [-0.2, 0) is 4.74 Å². The van der Waals surface area contributed by atoms with Gasteiger partial charge in [-0.15, -0.1) is 0 Å². The van der Waals surface area contributed by atoms with E-state index < -0.39 is 0 Å². The maximum absolute atomic E-state index is 13.3. The van der Waals surface area contributed by atoms with Crippen LogP contribution >= 0.6 is 0 Å². The number of imidazole rings is 1. The van der Waals surface area contributed by atoms with Gasteiger partial charge in [0.1, 0.15) is 6.33 Å². The van der Waals surface area contributed by atoms with Crippen molar-refractivity contribution in [1.29, 1.82) is 0 Å². The van der Waals surface area contributed by atoms with Crippen LogP contribution in [0.4, 0.5) is 0 Å². The minimum absolute atomic E-state index is 0.00584. The van der Waals surface area contributed by atoms with Crippen LogP contribution in [0.3, 0.4) is 0 Å². The number of aryl methyl sites for hydroxylation is 1. The first-order valence-corrected chi connectivity index (χ1v) is 13.3. The van der Waals surface area contributed by atoms with Gasteiger partial charge in [0.25, 0.3) is 0 Å². The van der Waals surface area contributed by atoms with Crippen LogP contribution in [0.5, 0.6) is 0 Å². The summed E-state index contributed by atoms with van der Waals surface area (Å²) in [7, 11) is 0. The number of hydrogen-bond acceptors (Lipinski definition) is 5. The summed E-state index contributed by atoms with van der Waals surface area (Å²) in [5, 5.41) is 4.40. The summed E-state index contributed by atoms with van der Waals surface area (Å²) in [5.74, 6) is 0.311. The molecule has 2 aliphatic rings. The van der Waals surface area contributed by atoms with Gasteiger partial charge in [-0.1, -0.05) is 13.8 Å². The Morgan fingerprint density at radius 1 is 1.00 bits per heavy atom. The standard InChI is InChI=1S/C28H36N6O2/c1-17(2)22-14-26-25(13-23(22)24-15-33-27(29-16-30-33)19(4)18(24)3)31-28(35)34(26)21-7-5-20(6-8-21)32-9-11-36-12-10-32/h13-17,20-21H,5-12H2,1-4H3,(H,31,35). The molecule has 0 atom stereocenters. The molecule has 6 rings (SSSR count). The molecule has 3 aromatic heterocycles. The second-order valence-corrected chi connectivity index (χ2v) is 10.8. The van der Waals surface area contributed by atoms with Gasteiger partial charge < -0.3 is 9.72 Å². The van der Waals surface area contributed by atoms with Gasteiger partial charge in [0.2, 0.25) is 0 Å². The summed E-state index contributed by atoms with van der Waals surface area (Å²) in [6.45, 7) is 12.4. The van der Waals surface area contributed by atoms with Gasteiger partial charge in [-0.2, -0.15) is 5.10 Å². The van der Waals surface area contributed by atoms with Gasteiger partial charge in [0, 0.05) is 36.9 Å². The van der Waals surface area contributed by atoms with E-state index in [4.69, 9.17) is 4.74 Å². The molecule has 1 aliphatic heterocycles. The van der Waals surface area contributed by atoms with Crippen LogP contribution in [0.1, 0.15) is 68.2 Å². The first kappa shape index (κ1) is 23.4. The number of hydrogen-bond donors (Lipinski definition) is 1. The molecular weight excluding hydrogens is 452 g/mol. The zero-order chi connectivity index (χ0) is 25.0. The average Bonchev–Trinajstić information content (AvgIpc) is 3.49. The van der Waals surface area contributed by atoms with Crippen molar-refractivity contribution in [2.45, 2.75) is 71.4 Å². The Morgan fingerprint density at radius 2 is 1.72 bits per heavy atom. The van der Waals surface area contributed by atoms with Crippen LogP contribution in [0.25, 0.3) is 27.8 Å². The van der Waals surface area contributed by atoms with Crippen LogP contribution in [-0.4, -0.2) is 61.4 Å². The van der Waals surface area contributed by atoms with Crippen LogP contribution in [0.15, 0.2) is 29.5 Å². The predicted molar refractivity (Wildman–Crippen MR) is 142 cm³/mol. The number of nitrogens with one attached hydrogen (secondary N) is 1. The second-order valence-electron chi connectivity index (χ2n) is 10.8. The molecule has 1 saturated carbocycles. The lowest BCUT2D eigenvalue weighted by Crippen LogP contribution is -2.45. The fraction of sp³-hybridized carbons (Fsp3) is 0.536. The van der Waals surface area contributed by atoms with E-state index >= 15 is 0 Å². The SMILES string of the molecule is Cc1c(-c2cc3[nH]c(=O)n(C4CCC(N5CCOCC5)CC4)c3cc2C(C)C)cn2ncnc2c1C. The zero-order valence-corrected chi connectivity index (χ0v) is 21.8. The van der Waals surface area contributed by atoms with Gasteiger partial charge >= 0.3 is 5.69 Å². The molecule has 190 valence electrons. The zero-order valence-electron chi connectivity index (χ0n) is 21.8. The Hall–Kier alpha value is -2.97. The predicted octanol–water partition coefficient (Wildman–Crippen LogP) is 4.60. The van der Waals surface area contributed by atoms with Crippen molar-refractivity contribution >= 4 is 16.7 Å². The van der Waals surface area contributed by atoms with Crippen LogP contribution < -0.4 is 5.69 Å². The van der Waals surface area contributed by atoms with E-state index in [1.165, 1.54) is 11.1 Å². The van der Waals surface area contributed by atoms with Crippen molar-refractivity contribution in [1.82, 2.24) is 29.0 Å². The van der Waals surface area contributed by atoms with Crippen molar-refractivity contribution < 1.29 is 4.74 Å². The number of nitrogens with zero attached hydrogens (tertiary/aromatic N) is 5. The fourth-order valence-electron chi connectivity index (χ4n) is 6.36. The molecule has 2 fully saturated rings. The molecule has 4 aromatic rings. The molecule has 1 aromatic carbocycles. The highest BCUT2D eigenvalue weighted by Crippen LogP contribution is 2.38. The van der Waals surface area contributed by atoms with Crippen molar-refractivity contribution in [3.8, 4) is 11.1 Å². The smallest absolute Gasteiger partial charge is 0.326 e. The molecule has 1 saturated heterocycles. The highest BCUT2D eigenvalue weighted by atomic mass is 16.5. The van der Waals surface area contributed by atoms with Crippen molar-refractivity contribution in [3.63, 3.8) is 0 Å². The van der Waals surface area contributed by atoms with E-state index in [9.17, 15) is 4.79 Å². The van der Waals surface area contributed by atoms with E-state index in [0.29, 0.717) is 12.0 Å². The third-order valence-electron chi connectivity index (χ3n) is 8.52. The quantitative estimate of drug-likeness (QED) is 0.454. The fourth-order valence-corrected chi connectivity index (χ4v) is 6.36. The molecular formula is C28H36N6O2. The molecule has 0 radical (unpaired) electrons.